The first-order valence-corrected chi connectivity index (χ1v) is 8.21. The number of hydrogen-bond acceptors (Lipinski definition) is 5. The number of rotatable bonds is 7. The Bertz CT molecular complexity index is 992. The molecule has 1 heterocycles. The summed E-state index contributed by atoms with van der Waals surface area (Å²) in [4.78, 5) is 26.9. The number of nitrogens with zero attached hydrogens (tertiary/aromatic N) is 3. The summed E-state index contributed by atoms with van der Waals surface area (Å²) in [5.41, 5.74) is 5.64. The number of carbonyl (C=O) groups excluding carboxylic acids is 1. The molecule has 1 amide bonds. The second-order valence-electron chi connectivity index (χ2n) is 5.80. The van der Waals surface area contributed by atoms with Crippen LogP contribution in [0.3, 0.4) is 0 Å². The second-order valence-corrected chi connectivity index (χ2v) is 5.80. The van der Waals surface area contributed by atoms with Gasteiger partial charge in [-0.1, -0.05) is 12.1 Å². The number of carboxylic acids is 1. The number of benzene rings is 2. The van der Waals surface area contributed by atoms with Crippen molar-refractivity contribution in [2.75, 3.05) is 6.61 Å². The highest BCUT2D eigenvalue weighted by atomic mass is 16.5. The van der Waals surface area contributed by atoms with Crippen LogP contribution in [0.25, 0.3) is 11.0 Å². The standard InChI is InChI=1S/C19H18N4O4/c1-13(14-6-8-15(9-7-14)27-11-19(25)26)21-22-18(24)10-23-12-20-16-4-2-3-5-17(16)23/h2-9,12H,10-11H2,1H3,(H,22,24)(H,25,26)/b21-13-. The predicted molar refractivity (Wildman–Crippen MR) is 99.7 cm³/mol. The Hall–Kier alpha value is -3.68. The Morgan fingerprint density at radius 2 is 1.93 bits per heavy atom. The average molecular weight is 366 g/mol. The minimum Gasteiger partial charge on any atom is -0.482 e. The molecule has 27 heavy (non-hydrogen) atoms. The molecule has 0 saturated heterocycles. The summed E-state index contributed by atoms with van der Waals surface area (Å²) in [6.45, 7) is 1.48. The van der Waals surface area contributed by atoms with Crippen LogP contribution in [0.4, 0.5) is 0 Å². The number of hydrazone groups is 1. The SMILES string of the molecule is C/C(=N/NC(=O)Cn1cnc2ccccc21)c1ccc(OCC(=O)O)cc1. The molecule has 3 aromatic rings. The lowest BCUT2D eigenvalue weighted by atomic mass is 10.1. The summed E-state index contributed by atoms with van der Waals surface area (Å²) in [5, 5.41) is 12.7. The molecular weight excluding hydrogens is 348 g/mol. The molecule has 2 aromatic carbocycles. The van der Waals surface area contributed by atoms with Crippen molar-refractivity contribution in [2.45, 2.75) is 13.5 Å². The molecule has 0 radical (unpaired) electrons. The van der Waals surface area contributed by atoms with Crippen LogP contribution < -0.4 is 10.2 Å². The van der Waals surface area contributed by atoms with Crippen molar-refractivity contribution in [1.82, 2.24) is 15.0 Å². The van der Waals surface area contributed by atoms with Crippen LogP contribution in [0.2, 0.25) is 0 Å². The fraction of sp³-hybridized carbons (Fsp3) is 0.158. The number of aromatic nitrogens is 2. The first-order chi connectivity index (χ1) is 13.0. The summed E-state index contributed by atoms with van der Waals surface area (Å²) in [6.07, 6.45) is 1.62. The minimum absolute atomic E-state index is 0.110. The fourth-order valence-electron chi connectivity index (χ4n) is 2.47. The molecule has 0 bridgehead atoms. The van der Waals surface area contributed by atoms with Crippen LogP contribution in [-0.2, 0) is 16.1 Å². The molecule has 0 aliphatic rings. The van der Waals surface area contributed by atoms with E-state index >= 15 is 0 Å². The van der Waals surface area contributed by atoms with Gasteiger partial charge in [0.1, 0.15) is 12.3 Å². The van der Waals surface area contributed by atoms with Gasteiger partial charge in [0.25, 0.3) is 5.91 Å². The van der Waals surface area contributed by atoms with E-state index in [4.69, 9.17) is 9.84 Å². The van der Waals surface area contributed by atoms with Crippen molar-refractivity contribution in [3.8, 4) is 5.75 Å². The van der Waals surface area contributed by atoms with E-state index in [1.54, 1.807) is 42.1 Å². The molecule has 0 fully saturated rings. The van der Waals surface area contributed by atoms with E-state index in [2.05, 4.69) is 15.5 Å². The Labute approximate surface area is 155 Å². The van der Waals surface area contributed by atoms with Crippen molar-refractivity contribution >= 4 is 28.6 Å². The number of aliphatic carboxylic acids is 1. The number of para-hydroxylation sites is 2. The molecular formula is C19H18N4O4. The van der Waals surface area contributed by atoms with Gasteiger partial charge in [-0.3, -0.25) is 4.79 Å². The first-order valence-electron chi connectivity index (χ1n) is 8.21. The molecule has 8 nitrogen and oxygen atoms in total. The maximum atomic E-state index is 12.2. The van der Waals surface area contributed by atoms with E-state index in [-0.39, 0.29) is 12.5 Å². The number of carbonyl (C=O) groups is 2. The number of fused-ring (bicyclic) bond motifs is 1. The van der Waals surface area contributed by atoms with Crippen LogP contribution in [0, 0.1) is 0 Å². The van der Waals surface area contributed by atoms with E-state index in [1.165, 1.54) is 0 Å². The summed E-state index contributed by atoms with van der Waals surface area (Å²) >= 11 is 0. The number of ether oxygens (including phenoxy) is 1. The number of nitrogens with one attached hydrogen (secondary N) is 1. The first kappa shape index (κ1) is 18.1. The van der Waals surface area contributed by atoms with Crippen LogP contribution in [0.5, 0.6) is 5.75 Å². The van der Waals surface area contributed by atoms with Gasteiger partial charge in [-0.25, -0.2) is 15.2 Å². The molecule has 0 spiro atoms. The smallest absolute Gasteiger partial charge is 0.341 e. The maximum absolute atomic E-state index is 12.2. The minimum atomic E-state index is -1.04. The van der Waals surface area contributed by atoms with Crippen molar-refractivity contribution < 1.29 is 19.4 Å². The second kappa shape index (κ2) is 8.13. The van der Waals surface area contributed by atoms with Gasteiger partial charge in [-0.05, 0) is 48.9 Å². The highest BCUT2D eigenvalue weighted by Gasteiger charge is 2.07. The summed E-state index contributed by atoms with van der Waals surface area (Å²) < 4.78 is 6.83. The van der Waals surface area contributed by atoms with Crippen molar-refractivity contribution in [2.24, 2.45) is 5.10 Å². The van der Waals surface area contributed by atoms with Gasteiger partial charge in [0, 0.05) is 0 Å². The molecule has 3 rings (SSSR count). The highest BCUT2D eigenvalue weighted by Crippen LogP contribution is 2.13. The van der Waals surface area contributed by atoms with E-state index in [0.29, 0.717) is 11.5 Å². The Morgan fingerprint density at radius 3 is 2.67 bits per heavy atom. The molecule has 0 saturated carbocycles. The molecule has 8 heteroatoms. The van der Waals surface area contributed by atoms with Crippen LogP contribution in [-0.4, -0.2) is 38.9 Å². The van der Waals surface area contributed by atoms with Gasteiger partial charge >= 0.3 is 5.97 Å². The normalized spacial score (nSPS) is 11.4. The quantitative estimate of drug-likeness (QED) is 0.492. The molecule has 0 unspecified atom stereocenters. The van der Waals surface area contributed by atoms with E-state index in [1.807, 2.05) is 24.3 Å². The molecule has 0 aliphatic heterocycles. The number of carboxylic acid groups (broad SMARTS) is 1. The molecule has 138 valence electrons. The third kappa shape index (κ3) is 4.69. The van der Waals surface area contributed by atoms with E-state index < -0.39 is 12.6 Å². The van der Waals surface area contributed by atoms with Crippen molar-refractivity contribution in [3.63, 3.8) is 0 Å². The lowest BCUT2D eigenvalue weighted by Crippen LogP contribution is -2.24. The highest BCUT2D eigenvalue weighted by molar-refractivity contribution is 5.99. The van der Waals surface area contributed by atoms with Gasteiger partial charge < -0.3 is 14.4 Å². The van der Waals surface area contributed by atoms with Crippen molar-refractivity contribution in [1.29, 1.82) is 0 Å². The van der Waals surface area contributed by atoms with E-state index in [9.17, 15) is 9.59 Å². The predicted octanol–water partition coefficient (Wildman–Crippen LogP) is 2.04. The number of hydrogen-bond donors (Lipinski definition) is 2. The summed E-state index contributed by atoms with van der Waals surface area (Å²) in [6, 6.07) is 14.4. The Kier molecular flexibility index (Phi) is 5.46. The lowest BCUT2D eigenvalue weighted by Gasteiger charge is -2.06. The zero-order valence-corrected chi connectivity index (χ0v) is 14.6. The van der Waals surface area contributed by atoms with Gasteiger partial charge in [-0.2, -0.15) is 5.10 Å². The molecule has 1 aromatic heterocycles. The van der Waals surface area contributed by atoms with Crippen LogP contribution in [0.1, 0.15) is 12.5 Å². The monoisotopic (exact) mass is 366 g/mol. The Morgan fingerprint density at radius 1 is 1.19 bits per heavy atom. The van der Waals surface area contributed by atoms with Gasteiger partial charge in [-0.15, -0.1) is 0 Å². The Balaban J connectivity index is 1.59. The van der Waals surface area contributed by atoms with Gasteiger partial charge in [0.15, 0.2) is 6.61 Å². The maximum Gasteiger partial charge on any atom is 0.341 e. The fourth-order valence-corrected chi connectivity index (χ4v) is 2.47. The summed E-state index contributed by atoms with van der Waals surface area (Å²) in [7, 11) is 0. The summed E-state index contributed by atoms with van der Waals surface area (Å²) in [5.74, 6) is -0.853. The van der Waals surface area contributed by atoms with Crippen molar-refractivity contribution in [3.05, 3.63) is 60.4 Å². The van der Waals surface area contributed by atoms with Crippen LogP contribution >= 0.6 is 0 Å². The molecule has 0 atom stereocenters. The molecule has 2 N–H and O–H groups in total. The van der Waals surface area contributed by atoms with E-state index in [0.717, 1.165) is 16.6 Å². The van der Waals surface area contributed by atoms with Gasteiger partial charge in [0.2, 0.25) is 0 Å². The largest absolute Gasteiger partial charge is 0.482 e. The zero-order valence-electron chi connectivity index (χ0n) is 14.6. The number of amides is 1. The third-order valence-electron chi connectivity index (χ3n) is 3.82. The topological polar surface area (TPSA) is 106 Å². The number of imidazole rings is 1. The van der Waals surface area contributed by atoms with Gasteiger partial charge in [0.05, 0.1) is 23.1 Å². The lowest BCUT2D eigenvalue weighted by molar-refractivity contribution is -0.139. The average Bonchev–Trinajstić information content (AvgIpc) is 3.08. The third-order valence-corrected chi connectivity index (χ3v) is 3.82. The zero-order chi connectivity index (χ0) is 19.2. The van der Waals surface area contributed by atoms with Crippen LogP contribution in [0.15, 0.2) is 60.0 Å². The molecule has 0 aliphatic carbocycles.